The second kappa shape index (κ2) is 6.61. The quantitative estimate of drug-likeness (QED) is 0.925. The maximum Gasteiger partial charge on any atom is 0.222 e. The van der Waals surface area contributed by atoms with Crippen LogP contribution in [0.5, 0.6) is 0 Å². The minimum atomic E-state index is 0.339. The van der Waals surface area contributed by atoms with Gasteiger partial charge < -0.3 is 10.2 Å². The Morgan fingerprint density at radius 3 is 2.67 bits per heavy atom. The van der Waals surface area contributed by atoms with Crippen LogP contribution in [0.2, 0.25) is 0 Å². The Balaban J connectivity index is 1.56. The number of hydrogen-bond acceptors (Lipinski definition) is 2. The van der Waals surface area contributed by atoms with Gasteiger partial charge >= 0.3 is 0 Å². The first-order chi connectivity index (χ1) is 10.2. The molecule has 1 saturated heterocycles. The zero-order valence-electron chi connectivity index (χ0n) is 13.0. The highest BCUT2D eigenvalue weighted by molar-refractivity contribution is 5.76. The maximum atomic E-state index is 12.5. The highest BCUT2D eigenvalue weighted by Crippen LogP contribution is 2.28. The molecule has 114 valence electrons. The Morgan fingerprint density at radius 1 is 1.19 bits per heavy atom. The van der Waals surface area contributed by atoms with Gasteiger partial charge in [-0.05, 0) is 62.2 Å². The first kappa shape index (κ1) is 14.6. The van der Waals surface area contributed by atoms with Gasteiger partial charge in [0.15, 0.2) is 0 Å². The summed E-state index contributed by atoms with van der Waals surface area (Å²) in [6, 6.07) is 9.13. The molecule has 1 heterocycles. The minimum Gasteiger partial charge on any atom is -0.343 e. The normalized spacial score (nSPS) is 22.6. The Labute approximate surface area is 127 Å². The summed E-state index contributed by atoms with van der Waals surface area (Å²) in [6.07, 6.45) is 6.26. The molecule has 3 heteroatoms. The molecule has 1 atom stereocenters. The van der Waals surface area contributed by atoms with Crippen LogP contribution < -0.4 is 5.32 Å². The van der Waals surface area contributed by atoms with E-state index in [0.29, 0.717) is 17.9 Å². The van der Waals surface area contributed by atoms with Gasteiger partial charge in [-0.3, -0.25) is 4.79 Å². The third kappa shape index (κ3) is 3.46. The van der Waals surface area contributed by atoms with E-state index in [9.17, 15) is 4.79 Å². The molecule has 0 radical (unpaired) electrons. The van der Waals surface area contributed by atoms with E-state index in [2.05, 4.69) is 29.6 Å². The van der Waals surface area contributed by atoms with Crippen molar-refractivity contribution in [2.45, 2.75) is 44.6 Å². The SMILES string of the molecule is CN(C(=O)CC1CCc2ccccc2C1)C1CCNCC1. The first-order valence-electron chi connectivity index (χ1n) is 8.27. The number of hydrogen-bond donors (Lipinski definition) is 1. The van der Waals surface area contributed by atoms with Crippen LogP contribution >= 0.6 is 0 Å². The molecule has 1 aromatic carbocycles. The summed E-state index contributed by atoms with van der Waals surface area (Å²) < 4.78 is 0. The molecule has 3 rings (SSSR count). The molecule has 1 fully saturated rings. The van der Waals surface area contributed by atoms with Crippen molar-refractivity contribution >= 4 is 5.91 Å². The fraction of sp³-hybridized carbons (Fsp3) is 0.611. The average Bonchev–Trinajstić information content (AvgIpc) is 2.55. The summed E-state index contributed by atoms with van der Waals surface area (Å²) in [5, 5.41) is 3.36. The lowest BCUT2D eigenvalue weighted by molar-refractivity contribution is -0.133. The van der Waals surface area contributed by atoms with Crippen molar-refractivity contribution in [1.82, 2.24) is 10.2 Å². The van der Waals surface area contributed by atoms with Crippen LogP contribution in [-0.4, -0.2) is 37.0 Å². The summed E-state index contributed by atoms with van der Waals surface area (Å²) >= 11 is 0. The van der Waals surface area contributed by atoms with Gasteiger partial charge in [0.25, 0.3) is 0 Å². The van der Waals surface area contributed by atoms with E-state index < -0.39 is 0 Å². The van der Waals surface area contributed by atoms with Crippen LogP contribution in [0.15, 0.2) is 24.3 Å². The molecule has 0 saturated carbocycles. The molecule has 0 spiro atoms. The summed E-state index contributed by atoms with van der Waals surface area (Å²) in [4.78, 5) is 14.5. The van der Waals surface area contributed by atoms with Gasteiger partial charge in [0.05, 0.1) is 0 Å². The fourth-order valence-electron chi connectivity index (χ4n) is 3.74. The van der Waals surface area contributed by atoms with Crippen LogP contribution in [0.25, 0.3) is 0 Å². The highest BCUT2D eigenvalue weighted by Gasteiger charge is 2.26. The molecule has 1 N–H and O–H groups in total. The average molecular weight is 286 g/mol. The number of nitrogens with one attached hydrogen (secondary N) is 1. The third-order valence-electron chi connectivity index (χ3n) is 5.16. The van der Waals surface area contributed by atoms with Crippen molar-refractivity contribution in [3.8, 4) is 0 Å². The number of aryl methyl sites for hydroxylation is 1. The number of carbonyl (C=O) groups excluding carboxylic acids is 1. The molecular formula is C18H26N2O. The van der Waals surface area contributed by atoms with E-state index in [0.717, 1.165) is 51.6 Å². The van der Waals surface area contributed by atoms with Crippen LogP contribution in [0.3, 0.4) is 0 Å². The number of piperidine rings is 1. The number of carbonyl (C=O) groups is 1. The number of nitrogens with zero attached hydrogens (tertiary/aromatic N) is 1. The zero-order valence-corrected chi connectivity index (χ0v) is 13.0. The lowest BCUT2D eigenvalue weighted by Gasteiger charge is -2.33. The van der Waals surface area contributed by atoms with Gasteiger partial charge in [0.2, 0.25) is 5.91 Å². The monoisotopic (exact) mass is 286 g/mol. The Kier molecular flexibility index (Phi) is 4.59. The molecule has 21 heavy (non-hydrogen) atoms. The highest BCUT2D eigenvalue weighted by atomic mass is 16.2. The van der Waals surface area contributed by atoms with E-state index >= 15 is 0 Å². The maximum absolute atomic E-state index is 12.5. The van der Waals surface area contributed by atoms with Crippen molar-refractivity contribution < 1.29 is 4.79 Å². The van der Waals surface area contributed by atoms with Gasteiger partial charge in [-0.1, -0.05) is 24.3 Å². The molecular weight excluding hydrogens is 260 g/mol. The van der Waals surface area contributed by atoms with Gasteiger partial charge in [-0.25, -0.2) is 0 Å². The predicted octanol–water partition coefficient (Wildman–Crippen LogP) is 2.39. The van der Waals surface area contributed by atoms with E-state index in [-0.39, 0.29) is 0 Å². The Hall–Kier alpha value is -1.35. The number of fused-ring (bicyclic) bond motifs is 1. The van der Waals surface area contributed by atoms with Crippen LogP contribution in [0, 0.1) is 5.92 Å². The number of rotatable bonds is 3. The van der Waals surface area contributed by atoms with Crippen molar-refractivity contribution in [3.63, 3.8) is 0 Å². The van der Waals surface area contributed by atoms with Gasteiger partial charge in [-0.2, -0.15) is 0 Å². The third-order valence-corrected chi connectivity index (χ3v) is 5.16. The molecule has 1 aliphatic carbocycles. The van der Waals surface area contributed by atoms with Gasteiger partial charge in [-0.15, -0.1) is 0 Å². The second-order valence-electron chi connectivity index (χ2n) is 6.57. The molecule has 0 bridgehead atoms. The minimum absolute atomic E-state index is 0.339. The summed E-state index contributed by atoms with van der Waals surface area (Å²) in [6.45, 7) is 2.08. The number of benzene rings is 1. The fourth-order valence-corrected chi connectivity index (χ4v) is 3.74. The van der Waals surface area contributed by atoms with Crippen molar-refractivity contribution in [1.29, 1.82) is 0 Å². The summed E-state index contributed by atoms with van der Waals surface area (Å²) in [7, 11) is 2.00. The van der Waals surface area contributed by atoms with Gasteiger partial charge in [0.1, 0.15) is 0 Å². The lowest BCUT2D eigenvalue weighted by atomic mass is 9.82. The molecule has 2 aliphatic rings. The van der Waals surface area contributed by atoms with Crippen LogP contribution in [0.1, 0.15) is 36.8 Å². The summed E-state index contributed by atoms with van der Waals surface area (Å²) in [5.74, 6) is 0.864. The second-order valence-corrected chi connectivity index (χ2v) is 6.57. The van der Waals surface area contributed by atoms with Crippen LogP contribution in [0.4, 0.5) is 0 Å². The predicted molar refractivity (Wildman–Crippen MR) is 85.2 cm³/mol. The number of amides is 1. The Bertz CT molecular complexity index is 494. The largest absolute Gasteiger partial charge is 0.343 e. The van der Waals surface area contributed by atoms with Gasteiger partial charge in [0, 0.05) is 19.5 Å². The molecule has 1 aromatic rings. The molecule has 0 aromatic heterocycles. The summed E-state index contributed by atoms with van der Waals surface area (Å²) in [5.41, 5.74) is 2.93. The van der Waals surface area contributed by atoms with E-state index in [4.69, 9.17) is 0 Å². The zero-order chi connectivity index (χ0) is 14.7. The van der Waals surface area contributed by atoms with E-state index in [1.54, 1.807) is 0 Å². The molecule has 1 unspecified atom stereocenters. The molecule has 1 amide bonds. The van der Waals surface area contributed by atoms with Crippen molar-refractivity contribution in [3.05, 3.63) is 35.4 Å². The topological polar surface area (TPSA) is 32.3 Å². The van der Waals surface area contributed by atoms with Crippen molar-refractivity contribution in [2.24, 2.45) is 5.92 Å². The van der Waals surface area contributed by atoms with Crippen molar-refractivity contribution in [2.75, 3.05) is 20.1 Å². The smallest absolute Gasteiger partial charge is 0.222 e. The van der Waals surface area contributed by atoms with Crippen LogP contribution in [-0.2, 0) is 17.6 Å². The lowest BCUT2D eigenvalue weighted by Crippen LogP contribution is -2.44. The first-order valence-corrected chi connectivity index (χ1v) is 8.27. The molecule has 3 nitrogen and oxygen atoms in total. The standard InChI is InChI=1S/C18H26N2O/c1-20(17-8-10-19-11-9-17)18(21)13-14-6-7-15-4-2-3-5-16(15)12-14/h2-5,14,17,19H,6-13H2,1H3. The van der Waals surface area contributed by atoms with E-state index in [1.165, 1.54) is 11.1 Å². The van der Waals surface area contributed by atoms with E-state index in [1.807, 2.05) is 11.9 Å². The molecule has 1 aliphatic heterocycles. The Morgan fingerprint density at radius 2 is 1.90 bits per heavy atom.